The van der Waals surface area contributed by atoms with Crippen LogP contribution in [0.15, 0.2) is 0 Å². The van der Waals surface area contributed by atoms with Crippen molar-refractivity contribution >= 4 is 10.1 Å². The van der Waals surface area contributed by atoms with Crippen LogP contribution in [0, 0.1) is 0 Å². The third-order valence-electron chi connectivity index (χ3n) is 2.56. The zero-order valence-corrected chi connectivity index (χ0v) is 11.0. The number of quaternary nitrogens is 1. The number of rotatable bonds is 9. The van der Waals surface area contributed by atoms with Crippen molar-refractivity contribution in [2.75, 3.05) is 59.9 Å². The maximum atomic E-state index is 10.7. The van der Waals surface area contributed by atoms with Crippen molar-refractivity contribution in [2.24, 2.45) is 0 Å². The third kappa shape index (κ3) is 8.00. The molecule has 98 valence electrons. The lowest BCUT2D eigenvalue weighted by Crippen LogP contribution is -2.50. The minimum absolute atomic E-state index is 0.239. The Morgan fingerprint density at radius 1 is 1.06 bits per heavy atom. The Hall–Kier alpha value is -0.210. The molecular formula is C9H22NO5S+. The fraction of sp³-hybridized carbons (Fsp3) is 1.00. The molecule has 0 aromatic rings. The van der Waals surface area contributed by atoms with Crippen molar-refractivity contribution in [3.05, 3.63) is 0 Å². The molecule has 0 aliphatic heterocycles. The van der Waals surface area contributed by atoms with Gasteiger partial charge in [0.1, 0.15) is 18.8 Å². The zero-order chi connectivity index (χ0) is 12.7. The quantitative estimate of drug-likeness (QED) is 0.449. The number of hydrogen-bond acceptors (Lipinski definition) is 4. The van der Waals surface area contributed by atoms with E-state index in [4.69, 9.17) is 14.0 Å². The van der Waals surface area contributed by atoms with Gasteiger partial charge in [0.2, 0.25) is 0 Å². The Labute approximate surface area is 97.5 Å². The highest BCUT2D eigenvalue weighted by Crippen LogP contribution is 2.03. The Balaban J connectivity index is 4.28. The molecule has 0 spiro atoms. The number of nitrogens with zero attached hydrogens (tertiary/aromatic N) is 1. The first-order valence-corrected chi connectivity index (χ1v) is 6.70. The normalized spacial score (nSPS) is 13.0. The molecule has 0 amide bonds. The molecule has 7 heteroatoms. The van der Waals surface area contributed by atoms with Crippen LogP contribution < -0.4 is 0 Å². The fourth-order valence-corrected chi connectivity index (χ4v) is 1.97. The molecule has 16 heavy (non-hydrogen) atoms. The van der Waals surface area contributed by atoms with Gasteiger partial charge in [0.25, 0.3) is 10.1 Å². The van der Waals surface area contributed by atoms with Crippen LogP contribution in [0.2, 0.25) is 0 Å². The smallest absolute Gasteiger partial charge is 0.270 e. The molecule has 0 unspecified atom stereocenters. The molecule has 6 nitrogen and oxygen atoms in total. The zero-order valence-electron chi connectivity index (χ0n) is 10.2. The van der Waals surface area contributed by atoms with Gasteiger partial charge in [0.15, 0.2) is 0 Å². The molecular weight excluding hydrogens is 234 g/mol. The van der Waals surface area contributed by atoms with Gasteiger partial charge < -0.3 is 14.0 Å². The molecule has 0 bridgehead atoms. The molecule has 0 heterocycles. The predicted molar refractivity (Wildman–Crippen MR) is 61.0 cm³/mol. The van der Waals surface area contributed by atoms with Crippen LogP contribution in [-0.4, -0.2) is 77.3 Å². The van der Waals surface area contributed by atoms with Crippen molar-refractivity contribution in [1.82, 2.24) is 0 Å². The predicted octanol–water partition coefficient (Wildman–Crippen LogP) is -0.386. The summed E-state index contributed by atoms with van der Waals surface area (Å²) in [6.07, 6.45) is 0. The summed E-state index contributed by atoms with van der Waals surface area (Å²) < 4.78 is 40.6. The van der Waals surface area contributed by atoms with Gasteiger partial charge in [-0.05, 0) is 0 Å². The summed E-state index contributed by atoms with van der Waals surface area (Å²) in [5, 5.41) is 0. The third-order valence-corrected chi connectivity index (χ3v) is 3.26. The maximum Gasteiger partial charge on any atom is 0.270 e. The summed E-state index contributed by atoms with van der Waals surface area (Å²) in [6, 6.07) is 0. The molecule has 0 radical (unpaired) electrons. The second-order valence-electron chi connectivity index (χ2n) is 4.06. The van der Waals surface area contributed by atoms with Crippen molar-refractivity contribution in [3.63, 3.8) is 0 Å². The topological polar surface area (TPSA) is 72.8 Å². The van der Waals surface area contributed by atoms with Crippen molar-refractivity contribution < 1.29 is 26.9 Å². The van der Waals surface area contributed by atoms with Gasteiger partial charge >= 0.3 is 0 Å². The van der Waals surface area contributed by atoms with E-state index in [0.717, 1.165) is 0 Å². The number of hydrogen-bond donors (Lipinski definition) is 1. The van der Waals surface area contributed by atoms with Gasteiger partial charge in [-0.2, -0.15) is 8.42 Å². The highest BCUT2D eigenvalue weighted by molar-refractivity contribution is 7.85. The average Bonchev–Trinajstić information content (AvgIpc) is 2.20. The Bertz CT molecular complexity index is 270. The van der Waals surface area contributed by atoms with E-state index in [0.29, 0.717) is 37.3 Å². The van der Waals surface area contributed by atoms with Crippen molar-refractivity contribution in [2.45, 2.75) is 0 Å². The number of likely N-dealkylation sites (N-methyl/N-ethyl adjacent to an activating group) is 1. The molecule has 0 aliphatic rings. The molecule has 1 N–H and O–H groups in total. The van der Waals surface area contributed by atoms with E-state index in [2.05, 4.69) is 0 Å². The van der Waals surface area contributed by atoms with E-state index in [9.17, 15) is 8.42 Å². The first kappa shape index (κ1) is 15.8. The van der Waals surface area contributed by atoms with E-state index in [-0.39, 0.29) is 5.75 Å². The lowest BCUT2D eigenvalue weighted by Gasteiger charge is -2.33. The summed E-state index contributed by atoms with van der Waals surface area (Å²) in [7, 11) is 1.22. The highest BCUT2D eigenvalue weighted by atomic mass is 32.2. The van der Waals surface area contributed by atoms with Gasteiger partial charge in [0, 0.05) is 14.2 Å². The Morgan fingerprint density at radius 2 is 1.50 bits per heavy atom. The fourth-order valence-electron chi connectivity index (χ4n) is 1.29. The van der Waals surface area contributed by atoms with E-state index in [1.165, 1.54) is 0 Å². The van der Waals surface area contributed by atoms with Gasteiger partial charge in [-0.3, -0.25) is 4.55 Å². The largest absolute Gasteiger partial charge is 0.379 e. The lowest BCUT2D eigenvalue weighted by atomic mass is 10.4. The van der Waals surface area contributed by atoms with E-state index < -0.39 is 10.1 Å². The van der Waals surface area contributed by atoms with Crippen LogP contribution in [0.3, 0.4) is 0 Å². The molecule has 0 saturated heterocycles. The van der Waals surface area contributed by atoms with Crippen molar-refractivity contribution in [3.8, 4) is 0 Å². The van der Waals surface area contributed by atoms with Crippen LogP contribution in [0.1, 0.15) is 0 Å². The summed E-state index contributed by atoms with van der Waals surface area (Å²) in [6.45, 7) is 2.83. The first-order valence-electron chi connectivity index (χ1n) is 5.09. The SMILES string of the molecule is COCC[N+](C)(CCOC)CCS(=O)(=O)O. The summed E-state index contributed by atoms with van der Waals surface area (Å²) >= 11 is 0. The molecule has 0 aliphatic carbocycles. The van der Waals surface area contributed by atoms with Crippen LogP contribution >= 0.6 is 0 Å². The van der Waals surface area contributed by atoms with Gasteiger partial charge in [0.05, 0.1) is 26.8 Å². The van der Waals surface area contributed by atoms with Crippen molar-refractivity contribution in [1.29, 1.82) is 0 Å². The Kier molecular flexibility index (Phi) is 7.09. The monoisotopic (exact) mass is 256 g/mol. The second kappa shape index (κ2) is 7.18. The van der Waals surface area contributed by atoms with E-state index in [1.807, 2.05) is 7.05 Å². The van der Waals surface area contributed by atoms with Gasteiger partial charge in [-0.25, -0.2) is 0 Å². The van der Waals surface area contributed by atoms with Crippen LogP contribution in [0.25, 0.3) is 0 Å². The average molecular weight is 256 g/mol. The van der Waals surface area contributed by atoms with Crippen LogP contribution in [-0.2, 0) is 19.6 Å². The second-order valence-corrected chi connectivity index (χ2v) is 5.63. The molecule has 0 saturated carbocycles. The molecule has 0 rings (SSSR count). The highest BCUT2D eigenvalue weighted by Gasteiger charge is 2.23. The van der Waals surface area contributed by atoms with Crippen LogP contribution in [0.5, 0.6) is 0 Å². The lowest BCUT2D eigenvalue weighted by molar-refractivity contribution is -0.907. The maximum absolute atomic E-state index is 10.7. The van der Waals surface area contributed by atoms with Gasteiger partial charge in [-0.15, -0.1) is 0 Å². The molecule has 0 fully saturated rings. The number of ether oxygens (including phenoxy) is 2. The van der Waals surface area contributed by atoms with Gasteiger partial charge in [-0.1, -0.05) is 0 Å². The number of methoxy groups -OCH3 is 2. The first-order chi connectivity index (χ1) is 7.33. The van der Waals surface area contributed by atoms with E-state index >= 15 is 0 Å². The standard InChI is InChI=1S/C9H21NO5S/c1-10(4-7-14-2,5-8-15-3)6-9-16(11,12)13/h4-9H2,1-3H3/p+1. The minimum atomic E-state index is -3.90. The molecule has 0 atom stereocenters. The Morgan fingerprint density at radius 3 is 1.81 bits per heavy atom. The van der Waals surface area contributed by atoms with Crippen LogP contribution in [0.4, 0.5) is 0 Å². The molecule has 0 aromatic carbocycles. The summed E-state index contributed by atoms with van der Waals surface area (Å²) in [4.78, 5) is 0. The van der Waals surface area contributed by atoms with E-state index in [1.54, 1.807) is 14.2 Å². The summed E-state index contributed by atoms with van der Waals surface area (Å²) in [5.74, 6) is -0.239. The minimum Gasteiger partial charge on any atom is -0.379 e. The summed E-state index contributed by atoms with van der Waals surface area (Å²) in [5.41, 5.74) is 0. The molecule has 0 aromatic heterocycles.